The highest BCUT2D eigenvalue weighted by molar-refractivity contribution is 7.91. The van der Waals surface area contributed by atoms with Crippen LogP contribution in [-0.4, -0.2) is 26.5 Å². The summed E-state index contributed by atoms with van der Waals surface area (Å²) in [7, 11) is -2.79. The zero-order chi connectivity index (χ0) is 14.4. The van der Waals surface area contributed by atoms with Crippen molar-refractivity contribution < 1.29 is 13.2 Å². The lowest BCUT2D eigenvalue weighted by molar-refractivity contribution is 0.174. The molecule has 4 heteroatoms. The van der Waals surface area contributed by atoms with Crippen molar-refractivity contribution in [2.45, 2.75) is 59.3 Å². The standard InChI is InChI=1S/C15H28O3S/c1-4-15(7-5-10-18-13-14(2)3)8-6-11-19(16,17)12-9-15/h13H,4-12H2,1-3H3. The van der Waals surface area contributed by atoms with Crippen LogP contribution in [-0.2, 0) is 14.6 Å². The maximum absolute atomic E-state index is 11.7. The number of ether oxygens (including phenoxy) is 1. The van der Waals surface area contributed by atoms with E-state index in [1.807, 2.05) is 13.8 Å². The van der Waals surface area contributed by atoms with Crippen LogP contribution in [0, 0.1) is 5.41 Å². The Hall–Kier alpha value is -0.510. The molecule has 0 N–H and O–H groups in total. The van der Waals surface area contributed by atoms with E-state index < -0.39 is 9.84 Å². The normalized spacial score (nSPS) is 26.5. The first kappa shape index (κ1) is 16.5. The Morgan fingerprint density at radius 1 is 1.26 bits per heavy atom. The number of hydrogen-bond donors (Lipinski definition) is 0. The lowest BCUT2D eigenvalue weighted by Crippen LogP contribution is -2.21. The fourth-order valence-electron chi connectivity index (χ4n) is 2.80. The Morgan fingerprint density at radius 2 is 2.00 bits per heavy atom. The van der Waals surface area contributed by atoms with Crippen LogP contribution in [0.1, 0.15) is 59.3 Å². The van der Waals surface area contributed by atoms with Crippen LogP contribution < -0.4 is 0 Å². The van der Waals surface area contributed by atoms with Crippen molar-refractivity contribution in [1.29, 1.82) is 0 Å². The molecule has 0 spiro atoms. The van der Waals surface area contributed by atoms with Gasteiger partial charge in [-0.15, -0.1) is 0 Å². The molecule has 19 heavy (non-hydrogen) atoms. The summed E-state index contributed by atoms with van der Waals surface area (Å²) in [6, 6.07) is 0. The van der Waals surface area contributed by atoms with Gasteiger partial charge in [0.25, 0.3) is 0 Å². The number of sulfone groups is 1. The summed E-state index contributed by atoms with van der Waals surface area (Å²) in [5.41, 5.74) is 1.39. The molecule has 1 fully saturated rings. The molecule has 1 atom stereocenters. The third-order valence-corrected chi connectivity index (χ3v) is 5.88. The molecule has 1 heterocycles. The first-order valence-corrected chi connectivity index (χ1v) is 9.17. The SMILES string of the molecule is CCC1(CCCOC=C(C)C)CCCS(=O)(=O)CC1. The molecule has 1 unspecified atom stereocenters. The molecule has 1 saturated heterocycles. The highest BCUT2D eigenvalue weighted by Crippen LogP contribution is 2.39. The van der Waals surface area contributed by atoms with Gasteiger partial charge in [-0.25, -0.2) is 8.42 Å². The topological polar surface area (TPSA) is 43.4 Å². The van der Waals surface area contributed by atoms with E-state index in [4.69, 9.17) is 4.74 Å². The van der Waals surface area contributed by atoms with Crippen LogP contribution in [0.15, 0.2) is 11.8 Å². The number of rotatable bonds is 6. The van der Waals surface area contributed by atoms with Crippen LogP contribution >= 0.6 is 0 Å². The minimum absolute atomic E-state index is 0.220. The molecule has 0 aromatic carbocycles. The van der Waals surface area contributed by atoms with E-state index in [0.717, 1.165) is 45.1 Å². The quantitative estimate of drug-likeness (QED) is 0.553. The average molecular weight is 288 g/mol. The summed E-state index contributed by atoms with van der Waals surface area (Å²) < 4.78 is 28.9. The third-order valence-electron chi connectivity index (χ3n) is 4.14. The summed E-state index contributed by atoms with van der Waals surface area (Å²) in [6.45, 7) is 6.96. The van der Waals surface area contributed by atoms with Crippen molar-refractivity contribution in [3.8, 4) is 0 Å². The molecule has 0 bridgehead atoms. The van der Waals surface area contributed by atoms with Crippen molar-refractivity contribution >= 4 is 9.84 Å². The average Bonchev–Trinajstić information content (AvgIpc) is 2.48. The van der Waals surface area contributed by atoms with Crippen molar-refractivity contribution in [3.05, 3.63) is 11.8 Å². The molecule has 3 nitrogen and oxygen atoms in total. The maximum Gasteiger partial charge on any atom is 0.150 e. The predicted octanol–water partition coefficient (Wildman–Crippen LogP) is 3.70. The van der Waals surface area contributed by atoms with Gasteiger partial charge in [-0.1, -0.05) is 13.3 Å². The smallest absolute Gasteiger partial charge is 0.150 e. The third kappa shape index (κ3) is 5.98. The Kier molecular flexibility index (Phi) is 6.37. The summed E-state index contributed by atoms with van der Waals surface area (Å²) in [4.78, 5) is 0. The molecule has 0 saturated carbocycles. The van der Waals surface area contributed by atoms with Crippen molar-refractivity contribution in [1.82, 2.24) is 0 Å². The highest BCUT2D eigenvalue weighted by atomic mass is 32.2. The minimum atomic E-state index is -2.79. The number of allylic oxidation sites excluding steroid dienone is 1. The number of hydrogen-bond acceptors (Lipinski definition) is 3. The molecule has 0 amide bonds. The molecule has 0 aromatic heterocycles. The second-order valence-corrected chi connectivity index (χ2v) is 8.33. The minimum Gasteiger partial charge on any atom is -0.501 e. The van der Waals surface area contributed by atoms with Gasteiger partial charge in [0.2, 0.25) is 0 Å². The summed E-state index contributed by atoms with van der Waals surface area (Å²) in [5.74, 6) is 0.749. The second kappa shape index (κ2) is 7.32. The van der Waals surface area contributed by atoms with E-state index in [9.17, 15) is 8.42 Å². The van der Waals surface area contributed by atoms with E-state index in [0.29, 0.717) is 11.5 Å². The first-order valence-electron chi connectivity index (χ1n) is 7.35. The monoisotopic (exact) mass is 288 g/mol. The van der Waals surface area contributed by atoms with Crippen LogP contribution in [0.5, 0.6) is 0 Å². The van der Waals surface area contributed by atoms with E-state index >= 15 is 0 Å². The van der Waals surface area contributed by atoms with Gasteiger partial charge in [0, 0.05) is 0 Å². The molecule has 1 aliphatic heterocycles. The van der Waals surface area contributed by atoms with Crippen molar-refractivity contribution in [3.63, 3.8) is 0 Å². The predicted molar refractivity (Wildman–Crippen MR) is 79.8 cm³/mol. The lowest BCUT2D eigenvalue weighted by Gasteiger charge is -2.31. The van der Waals surface area contributed by atoms with Crippen LogP contribution in [0.4, 0.5) is 0 Å². The molecular weight excluding hydrogens is 260 g/mol. The van der Waals surface area contributed by atoms with E-state index in [-0.39, 0.29) is 5.41 Å². The van der Waals surface area contributed by atoms with E-state index in [1.54, 1.807) is 6.26 Å². The van der Waals surface area contributed by atoms with E-state index in [2.05, 4.69) is 6.92 Å². The van der Waals surface area contributed by atoms with Crippen LogP contribution in [0.25, 0.3) is 0 Å². The second-order valence-electron chi connectivity index (χ2n) is 6.03. The summed E-state index contributed by atoms with van der Waals surface area (Å²) in [5, 5.41) is 0. The molecule has 0 aliphatic carbocycles. The van der Waals surface area contributed by atoms with Gasteiger partial charge in [0.05, 0.1) is 24.4 Å². The van der Waals surface area contributed by atoms with Gasteiger partial charge in [0.1, 0.15) is 9.84 Å². The molecule has 112 valence electrons. The molecule has 1 rings (SSSR count). The molecule has 0 aromatic rings. The zero-order valence-corrected chi connectivity index (χ0v) is 13.4. The van der Waals surface area contributed by atoms with Gasteiger partial charge in [-0.05, 0) is 56.9 Å². The Morgan fingerprint density at radius 3 is 2.63 bits per heavy atom. The van der Waals surface area contributed by atoms with Crippen LogP contribution in [0.3, 0.4) is 0 Å². The van der Waals surface area contributed by atoms with Gasteiger partial charge in [-0.2, -0.15) is 0 Å². The van der Waals surface area contributed by atoms with Crippen molar-refractivity contribution in [2.24, 2.45) is 5.41 Å². The van der Waals surface area contributed by atoms with Crippen molar-refractivity contribution in [2.75, 3.05) is 18.1 Å². The molecular formula is C15H28O3S. The van der Waals surface area contributed by atoms with Gasteiger partial charge < -0.3 is 4.74 Å². The highest BCUT2D eigenvalue weighted by Gasteiger charge is 2.32. The van der Waals surface area contributed by atoms with Gasteiger partial charge in [-0.3, -0.25) is 0 Å². The first-order chi connectivity index (χ1) is 8.89. The summed E-state index contributed by atoms with van der Waals surface area (Å²) in [6.07, 6.45) is 7.67. The summed E-state index contributed by atoms with van der Waals surface area (Å²) >= 11 is 0. The van der Waals surface area contributed by atoms with Gasteiger partial charge in [0.15, 0.2) is 0 Å². The Labute approximate surface area is 118 Å². The molecule has 0 radical (unpaired) electrons. The Balaban J connectivity index is 2.45. The zero-order valence-electron chi connectivity index (χ0n) is 12.6. The van der Waals surface area contributed by atoms with E-state index in [1.165, 1.54) is 5.57 Å². The fourth-order valence-corrected chi connectivity index (χ4v) is 4.33. The fraction of sp³-hybridized carbons (Fsp3) is 0.867. The largest absolute Gasteiger partial charge is 0.501 e. The lowest BCUT2D eigenvalue weighted by atomic mass is 9.75. The van der Waals surface area contributed by atoms with Crippen LogP contribution in [0.2, 0.25) is 0 Å². The maximum atomic E-state index is 11.7. The molecule has 1 aliphatic rings. The van der Waals surface area contributed by atoms with Gasteiger partial charge >= 0.3 is 0 Å². The Bertz CT molecular complexity index is 394.